The number of nitrogens with zero attached hydrogens (tertiary/aromatic N) is 5. The summed E-state index contributed by atoms with van der Waals surface area (Å²) in [7, 11) is 0. The first-order chi connectivity index (χ1) is 15.7. The van der Waals surface area contributed by atoms with Crippen molar-refractivity contribution in [1.82, 2.24) is 30.8 Å². The summed E-state index contributed by atoms with van der Waals surface area (Å²) in [4.78, 5) is 2.19. The average Bonchev–Trinajstić information content (AvgIpc) is 3.53. The molecule has 7 heteroatoms. The highest BCUT2D eigenvalue weighted by molar-refractivity contribution is 5.18. The highest BCUT2D eigenvalue weighted by atomic mass is 15.5. The SMILES string of the molecule is C=C(CNCCC1(c2nn[nH]n2)C2CCCCC2CC2CCCCC21)N1CCCC1C#N. The van der Waals surface area contributed by atoms with Crippen LogP contribution in [0, 0.1) is 35.0 Å². The van der Waals surface area contributed by atoms with Crippen LogP contribution in [0.2, 0.25) is 0 Å². The van der Waals surface area contributed by atoms with Gasteiger partial charge in [-0.05, 0) is 68.7 Å². The molecule has 1 saturated heterocycles. The fourth-order valence-corrected chi connectivity index (χ4v) is 8.08. The van der Waals surface area contributed by atoms with E-state index in [1.165, 1.54) is 57.8 Å². The third-order valence-corrected chi connectivity index (χ3v) is 9.36. The first-order valence-electron chi connectivity index (χ1n) is 13.0. The van der Waals surface area contributed by atoms with Gasteiger partial charge in [0.25, 0.3) is 0 Å². The number of rotatable bonds is 7. The number of H-pyrrole nitrogens is 1. The smallest absolute Gasteiger partial charge is 0.181 e. The van der Waals surface area contributed by atoms with Crippen LogP contribution < -0.4 is 5.32 Å². The number of likely N-dealkylation sites (tertiary alicyclic amines) is 1. The van der Waals surface area contributed by atoms with Crippen LogP contribution in [-0.2, 0) is 5.41 Å². The van der Waals surface area contributed by atoms with Crippen molar-refractivity contribution >= 4 is 0 Å². The van der Waals surface area contributed by atoms with Crippen molar-refractivity contribution in [2.75, 3.05) is 19.6 Å². The van der Waals surface area contributed by atoms with Crippen molar-refractivity contribution in [3.8, 4) is 6.07 Å². The number of aromatic nitrogens is 4. The zero-order valence-corrected chi connectivity index (χ0v) is 19.4. The van der Waals surface area contributed by atoms with E-state index >= 15 is 0 Å². The summed E-state index contributed by atoms with van der Waals surface area (Å²) in [5.74, 6) is 3.98. The van der Waals surface area contributed by atoms with Gasteiger partial charge in [0.05, 0.1) is 6.07 Å². The maximum Gasteiger partial charge on any atom is 0.181 e. The minimum atomic E-state index is -0.000638. The molecule has 5 atom stereocenters. The van der Waals surface area contributed by atoms with E-state index in [4.69, 9.17) is 0 Å². The number of nitriles is 1. The summed E-state index contributed by atoms with van der Waals surface area (Å²) in [5.41, 5.74) is 1.09. The van der Waals surface area contributed by atoms with Crippen molar-refractivity contribution in [2.45, 2.75) is 88.5 Å². The van der Waals surface area contributed by atoms with E-state index in [9.17, 15) is 5.26 Å². The molecule has 4 aliphatic rings. The molecule has 1 aromatic rings. The zero-order chi connectivity index (χ0) is 22.0. The summed E-state index contributed by atoms with van der Waals surface area (Å²) in [6.07, 6.45) is 15.4. The molecular formula is C25H39N7. The molecule has 5 rings (SSSR count). The second-order valence-corrected chi connectivity index (χ2v) is 10.8. The van der Waals surface area contributed by atoms with Crippen LogP contribution in [0.1, 0.15) is 82.9 Å². The maximum atomic E-state index is 9.41. The van der Waals surface area contributed by atoms with Gasteiger partial charge < -0.3 is 10.2 Å². The van der Waals surface area contributed by atoms with Gasteiger partial charge in [0.2, 0.25) is 0 Å². The molecule has 3 aliphatic carbocycles. The highest BCUT2D eigenvalue weighted by Gasteiger charge is 2.57. The van der Waals surface area contributed by atoms with Gasteiger partial charge >= 0.3 is 0 Å². The monoisotopic (exact) mass is 437 g/mol. The number of hydrogen-bond acceptors (Lipinski definition) is 6. The van der Waals surface area contributed by atoms with Gasteiger partial charge in [-0.3, -0.25) is 0 Å². The van der Waals surface area contributed by atoms with E-state index in [-0.39, 0.29) is 11.5 Å². The summed E-state index contributed by atoms with van der Waals surface area (Å²) in [6, 6.07) is 2.43. The van der Waals surface area contributed by atoms with Gasteiger partial charge in [-0.2, -0.15) is 10.5 Å². The average molecular weight is 438 g/mol. The predicted molar refractivity (Wildman–Crippen MR) is 123 cm³/mol. The van der Waals surface area contributed by atoms with Crippen molar-refractivity contribution in [2.24, 2.45) is 23.7 Å². The molecule has 0 spiro atoms. The summed E-state index contributed by atoms with van der Waals surface area (Å²) >= 11 is 0. The summed E-state index contributed by atoms with van der Waals surface area (Å²) < 4.78 is 0. The fraction of sp³-hybridized carbons (Fsp3) is 0.840. The Labute approximate surface area is 192 Å². The molecule has 1 aromatic heterocycles. The van der Waals surface area contributed by atoms with Gasteiger partial charge in [-0.25, -0.2) is 0 Å². The van der Waals surface area contributed by atoms with E-state index in [0.717, 1.165) is 62.3 Å². The molecule has 4 fully saturated rings. The molecular weight excluding hydrogens is 398 g/mol. The predicted octanol–water partition coefficient (Wildman–Crippen LogP) is 3.94. The Morgan fingerprint density at radius 3 is 2.47 bits per heavy atom. The number of hydrogen-bond donors (Lipinski definition) is 2. The van der Waals surface area contributed by atoms with Gasteiger partial charge in [0.1, 0.15) is 6.04 Å². The number of tetrazole rings is 1. The molecule has 3 saturated carbocycles. The zero-order valence-electron chi connectivity index (χ0n) is 19.4. The molecule has 2 heterocycles. The van der Waals surface area contributed by atoms with Crippen molar-refractivity contribution < 1.29 is 0 Å². The van der Waals surface area contributed by atoms with E-state index in [2.05, 4.69) is 43.5 Å². The topological polar surface area (TPSA) is 93.5 Å². The Balaban J connectivity index is 1.33. The minimum Gasteiger partial charge on any atom is -0.358 e. The number of fused-ring (bicyclic) bond motifs is 2. The maximum absolute atomic E-state index is 9.41. The van der Waals surface area contributed by atoms with Crippen LogP contribution in [0.25, 0.3) is 0 Å². The second-order valence-electron chi connectivity index (χ2n) is 10.8. The molecule has 7 nitrogen and oxygen atoms in total. The molecule has 0 aromatic carbocycles. The van der Waals surface area contributed by atoms with Crippen LogP contribution in [0.15, 0.2) is 12.3 Å². The van der Waals surface area contributed by atoms with Crippen LogP contribution in [-0.4, -0.2) is 51.2 Å². The minimum absolute atomic E-state index is 0.000638. The lowest BCUT2D eigenvalue weighted by molar-refractivity contribution is -0.0476. The molecule has 0 amide bonds. The summed E-state index contributed by atoms with van der Waals surface area (Å²) in [6.45, 7) is 6.94. The Morgan fingerprint density at radius 1 is 1.09 bits per heavy atom. The van der Waals surface area contributed by atoms with E-state index in [1.807, 2.05) is 0 Å². The molecule has 0 radical (unpaired) electrons. The number of nitrogens with one attached hydrogen (secondary N) is 2. The van der Waals surface area contributed by atoms with E-state index in [1.54, 1.807) is 0 Å². The Bertz CT molecular complexity index is 791. The molecule has 2 N–H and O–H groups in total. The van der Waals surface area contributed by atoms with E-state index < -0.39 is 0 Å². The molecule has 5 unspecified atom stereocenters. The van der Waals surface area contributed by atoms with Gasteiger partial charge in [0, 0.05) is 24.2 Å². The lowest BCUT2D eigenvalue weighted by Crippen LogP contribution is -2.56. The van der Waals surface area contributed by atoms with Crippen molar-refractivity contribution in [3.05, 3.63) is 18.1 Å². The highest BCUT2D eigenvalue weighted by Crippen LogP contribution is 2.60. The number of aromatic amines is 1. The Morgan fingerprint density at radius 2 is 1.81 bits per heavy atom. The quantitative estimate of drug-likeness (QED) is 0.628. The fourth-order valence-electron chi connectivity index (χ4n) is 8.08. The van der Waals surface area contributed by atoms with E-state index in [0.29, 0.717) is 11.8 Å². The van der Waals surface area contributed by atoms with Crippen molar-refractivity contribution in [3.63, 3.8) is 0 Å². The first-order valence-corrected chi connectivity index (χ1v) is 13.0. The summed E-state index contributed by atoms with van der Waals surface area (Å²) in [5, 5.41) is 29.2. The lowest BCUT2D eigenvalue weighted by Gasteiger charge is -2.58. The van der Waals surface area contributed by atoms with Crippen LogP contribution in [0.5, 0.6) is 0 Å². The molecule has 1 aliphatic heterocycles. The van der Waals surface area contributed by atoms with Gasteiger partial charge in [0.15, 0.2) is 5.82 Å². The Kier molecular flexibility index (Phi) is 6.50. The second kappa shape index (κ2) is 9.51. The normalized spacial score (nSPS) is 36.8. The van der Waals surface area contributed by atoms with Crippen LogP contribution in [0.4, 0.5) is 0 Å². The van der Waals surface area contributed by atoms with Gasteiger partial charge in [-0.1, -0.05) is 50.3 Å². The van der Waals surface area contributed by atoms with Crippen LogP contribution in [0.3, 0.4) is 0 Å². The Hall–Kier alpha value is -1.94. The third kappa shape index (κ3) is 3.85. The van der Waals surface area contributed by atoms with Crippen LogP contribution >= 0.6 is 0 Å². The molecule has 32 heavy (non-hydrogen) atoms. The first kappa shape index (κ1) is 21.9. The molecule has 0 bridgehead atoms. The molecule has 174 valence electrons. The standard InChI is InChI=1S/C25H39N7/c1-18(32-14-6-9-21(32)16-26)17-27-13-12-25(24-28-30-31-29-24)22-10-4-2-7-19(22)15-20-8-3-5-11-23(20)25/h19-23,27H,1-15,17H2,(H,28,29,30,31). The largest absolute Gasteiger partial charge is 0.358 e. The van der Waals surface area contributed by atoms with Crippen molar-refractivity contribution in [1.29, 1.82) is 5.26 Å². The third-order valence-electron chi connectivity index (χ3n) is 9.36. The lowest BCUT2D eigenvalue weighted by atomic mass is 9.46. The van der Waals surface area contributed by atoms with Gasteiger partial charge in [-0.15, -0.1) is 10.2 Å².